The third-order valence-electron chi connectivity index (χ3n) is 5.11. The van der Waals surface area contributed by atoms with Gasteiger partial charge in [-0.15, -0.1) is 11.8 Å². The minimum atomic E-state index is -0.0605. The molecule has 0 aliphatic carbocycles. The van der Waals surface area contributed by atoms with Gasteiger partial charge in [0, 0.05) is 30.6 Å². The van der Waals surface area contributed by atoms with Gasteiger partial charge >= 0.3 is 0 Å². The second-order valence-electron chi connectivity index (χ2n) is 7.11. The van der Waals surface area contributed by atoms with Gasteiger partial charge in [-0.1, -0.05) is 23.8 Å². The van der Waals surface area contributed by atoms with Gasteiger partial charge in [-0.2, -0.15) is 0 Å². The summed E-state index contributed by atoms with van der Waals surface area (Å²) in [5.41, 5.74) is 1.97. The Balaban J connectivity index is 1.83. The molecule has 3 heterocycles. The van der Waals surface area contributed by atoms with E-state index in [-0.39, 0.29) is 23.8 Å². The Morgan fingerprint density at radius 1 is 1.24 bits per heavy atom. The number of benzene rings is 1. The Labute approximate surface area is 154 Å². The normalized spacial score (nSPS) is 22.8. The van der Waals surface area contributed by atoms with Gasteiger partial charge in [-0.3, -0.25) is 9.59 Å². The van der Waals surface area contributed by atoms with E-state index < -0.39 is 0 Å². The molecule has 1 aromatic carbocycles. The molecule has 4 rings (SSSR count). The van der Waals surface area contributed by atoms with E-state index in [1.54, 1.807) is 11.8 Å². The van der Waals surface area contributed by atoms with Crippen LogP contribution in [0.5, 0.6) is 0 Å². The molecule has 25 heavy (non-hydrogen) atoms. The molecule has 3 saturated heterocycles. The molecule has 1 aromatic rings. The largest absolute Gasteiger partial charge is 0.336 e. The predicted octanol–water partition coefficient (Wildman–Crippen LogP) is 3.44. The molecule has 5 heteroatoms. The van der Waals surface area contributed by atoms with E-state index in [2.05, 4.69) is 19.9 Å². The van der Waals surface area contributed by atoms with Crippen LogP contribution in [0.3, 0.4) is 0 Å². The van der Waals surface area contributed by atoms with Gasteiger partial charge in [0.15, 0.2) is 0 Å². The molecule has 2 atom stereocenters. The van der Waals surface area contributed by atoms with Crippen LogP contribution < -0.4 is 0 Å². The summed E-state index contributed by atoms with van der Waals surface area (Å²) >= 11 is 1.59. The molecule has 4 nitrogen and oxygen atoms in total. The molecule has 3 aliphatic heterocycles. The number of allylic oxidation sites excluding steroid dienone is 1. The monoisotopic (exact) mass is 358 g/mol. The maximum Gasteiger partial charge on any atom is 0.255 e. The van der Waals surface area contributed by atoms with Gasteiger partial charge in [0.25, 0.3) is 5.91 Å². The van der Waals surface area contributed by atoms with Crippen LogP contribution in [0, 0.1) is 5.92 Å². The summed E-state index contributed by atoms with van der Waals surface area (Å²) in [5.74, 6) is 0.204. The lowest BCUT2D eigenvalue weighted by Crippen LogP contribution is -2.48. The first-order chi connectivity index (χ1) is 12.0. The number of carbonyl (C=O) groups excluding carboxylic acids is 2. The fourth-order valence-electron chi connectivity index (χ4n) is 3.72. The fraction of sp³-hybridized carbons (Fsp3) is 0.500. The van der Waals surface area contributed by atoms with Crippen molar-refractivity contribution >= 4 is 23.6 Å². The third kappa shape index (κ3) is 3.76. The summed E-state index contributed by atoms with van der Waals surface area (Å²) in [6, 6.07) is 7.87. The van der Waals surface area contributed by atoms with Crippen molar-refractivity contribution in [1.82, 2.24) is 9.80 Å². The highest BCUT2D eigenvalue weighted by molar-refractivity contribution is 7.98. The number of hydrogen-bond donors (Lipinski definition) is 0. The molecule has 0 radical (unpaired) electrons. The van der Waals surface area contributed by atoms with Crippen LogP contribution >= 0.6 is 11.8 Å². The molecule has 3 fully saturated rings. The maximum atomic E-state index is 13.1. The van der Waals surface area contributed by atoms with E-state index in [1.165, 1.54) is 5.57 Å². The van der Waals surface area contributed by atoms with E-state index in [0.717, 1.165) is 23.3 Å². The Morgan fingerprint density at radius 2 is 2.00 bits per heavy atom. The van der Waals surface area contributed by atoms with E-state index >= 15 is 0 Å². The SMILES string of the molecule is CSc1ccccc1C(=O)N1CC2CCC(C1)N(CC=C(C)C)C2=O. The first-order valence-corrected chi connectivity index (χ1v) is 10.1. The molecule has 134 valence electrons. The molecule has 0 N–H and O–H groups in total. The van der Waals surface area contributed by atoms with Crippen LogP contribution in [-0.2, 0) is 4.79 Å². The number of fused-ring (bicyclic) bond motifs is 4. The minimum Gasteiger partial charge on any atom is -0.336 e. The summed E-state index contributed by atoms with van der Waals surface area (Å²) in [6.45, 7) is 5.94. The number of nitrogens with zero attached hydrogens (tertiary/aromatic N) is 2. The number of carbonyl (C=O) groups is 2. The third-order valence-corrected chi connectivity index (χ3v) is 5.91. The molecule has 0 saturated carbocycles. The lowest BCUT2D eigenvalue weighted by atomic mass is 9.94. The summed E-state index contributed by atoms with van der Waals surface area (Å²) < 4.78 is 0. The number of hydrogen-bond acceptors (Lipinski definition) is 3. The standard InChI is InChI=1S/C20H26N2O2S/c1-14(2)10-11-22-16-9-8-15(19(22)23)12-21(13-16)20(24)17-6-4-5-7-18(17)25-3/h4-7,10,15-16H,8-9,11-13H2,1-3H3. The van der Waals surface area contributed by atoms with Crippen molar-refractivity contribution in [3.8, 4) is 0 Å². The number of thioether (sulfide) groups is 1. The van der Waals surface area contributed by atoms with Crippen molar-refractivity contribution in [3.63, 3.8) is 0 Å². The van der Waals surface area contributed by atoms with Gasteiger partial charge < -0.3 is 9.80 Å². The van der Waals surface area contributed by atoms with Crippen LogP contribution in [0.15, 0.2) is 40.8 Å². The number of piperidine rings is 1. The molecule has 2 unspecified atom stereocenters. The smallest absolute Gasteiger partial charge is 0.255 e. The molecule has 0 spiro atoms. The molecular weight excluding hydrogens is 332 g/mol. The van der Waals surface area contributed by atoms with Crippen LogP contribution in [-0.4, -0.2) is 53.5 Å². The van der Waals surface area contributed by atoms with Gasteiger partial charge in [0.1, 0.15) is 0 Å². The predicted molar refractivity (Wildman–Crippen MR) is 102 cm³/mol. The minimum absolute atomic E-state index is 0.0544. The van der Waals surface area contributed by atoms with Crippen molar-refractivity contribution in [2.24, 2.45) is 5.92 Å². The van der Waals surface area contributed by atoms with Crippen molar-refractivity contribution < 1.29 is 9.59 Å². The highest BCUT2D eigenvalue weighted by Crippen LogP contribution is 2.31. The highest BCUT2D eigenvalue weighted by Gasteiger charge is 2.41. The summed E-state index contributed by atoms with van der Waals surface area (Å²) in [4.78, 5) is 30.8. The Hall–Kier alpha value is -1.75. The fourth-order valence-corrected chi connectivity index (χ4v) is 4.31. The first-order valence-electron chi connectivity index (χ1n) is 8.87. The van der Waals surface area contributed by atoms with Crippen LogP contribution in [0.4, 0.5) is 0 Å². The zero-order chi connectivity index (χ0) is 18.0. The summed E-state index contributed by atoms with van der Waals surface area (Å²) in [7, 11) is 0. The second-order valence-corrected chi connectivity index (χ2v) is 7.96. The first kappa shape index (κ1) is 18.1. The van der Waals surface area contributed by atoms with Crippen LogP contribution in [0.25, 0.3) is 0 Å². The van der Waals surface area contributed by atoms with Crippen molar-refractivity contribution in [1.29, 1.82) is 0 Å². The van der Waals surface area contributed by atoms with E-state index in [1.807, 2.05) is 40.3 Å². The Morgan fingerprint density at radius 3 is 2.72 bits per heavy atom. The molecule has 3 aliphatic rings. The van der Waals surface area contributed by atoms with E-state index in [4.69, 9.17) is 0 Å². The van der Waals surface area contributed by atoms with Gasteiger partial charge in [0.2, 0.25) is 5.91 Å². The van der Waals surface area contributed by atoms with Crippen LogP contribution in [0.1, 0.15) is 37.0 Å². The average Bonchev–Trinajstić information content (AvgIpc) is 2.90. The second kappa shape index (κ2) is 7.65. The molecule has 0 aromatic heterocycles. The van der Waals surface area contributed by atoms with E-state index in [9.17, 15) is 9.59 Å². The molecule has 2 bridgehead atoms. The maximum absolute atomic E-state index is 13.1. The topological polar surface area (TPSA) is 40.6 Å². The summed E-state index contributed by atoms with van der Waals surface area (Å²) in [6.07, 6.45) is 5.97. The lowest BCUT2D eigenvalue weighted by molar-refractivity contribution is -0.139. The van der Waals surface area contributed by atoms with Crippen molar-refractivity contribution in [2.45, 2.75) is 37.6 Å². The summed E-state index contributed by atoms with van der Waals surface area (Å²) in [5, 5.41) is 0. The average molecular weight is 359 g/mol. The van der Waals surface area contributed by atoms with Gasteiger partial charge in [0.05, 0.1) is 11.5 Å². The number of amides is 2. The Bertz CT molecular complexity index is 697. The molecular formula is C20H26N2O2S. The highest BCUT2D eigenvalue weighted by atomic mass is 32.2. The quantitative estimate of drug-likeness (QED) is 0.611. The number of rotatable bonds is 4. The zero-order valence-corrected chi connectivity index (χ0v) is 16.0. The molecule has 2 amide bonds. The van der Waals surface area contributed by atoms with Gasteiger partial charge in [-0.25, -0.2) is 0 Å². The van der Waals surface area contributed by atoms with Gasteiger partial charge in [-0.05, 0) is 45.1 Å². The van der Waals surface area contributed by atoms with Crippen LogP contribution in [0.2, 0.25) is 0 Å². The van der Waals surface area contributed by atoms with E-state index in [0.29, 0.717) is 19.6 Å². The van der Waals surface area contributed by atoms with Crippen molar-refractivity contribution in [3.05, 3.63) is 41.5 Å². The lowest BCUT2D eigenvalue weighted by Gasteiger charge is -2.35. The zero-order valence-electron chi connectivity index (χ0n) is 15.2. The van der Waals surface area contributed by atoms with Crippen molar-refractivity contribution in [2.75, 3.05) is 25.9 Å². The Kier molecular flexibility index (Phi) is 5.52.